The molecule has 0 amide bonds. The number of carboxylic acids is 1. The topological polar surface area (TPSA) is 95.1 Å². The number of aromatic amines is 1. The zero-order valence-electron chi connectivity index (χ0n) is 12.1. The van der Waals surface area contributed by atoms with Crippen molar-refractivity contribution in [3.63, 3.8) is 0 Å². The van der Waals surface area contributed by atoms with E-state index in [4.69, 9.17) is 0 Å². The number of carbonyl (C=O) groups is 1. The molecule has 0 saturated heterocycles. The van der Waals surface area contributed by atoms with Crippen LogP contribution in [0.4, 0.5) is 0 Å². The molecule has 3 N–H and O–H groups in total. The molecule has 2 aromatic rings. The van der Waals surface area contributed by atoms with E-state index in [0.717, 1.165) is 0 Å². The van der Waals surface area contributed by atoms with E-state index in [1.54, 1.807) is 12.1 Å². The molecule has 6 heteroatoms. The summed E-state index contributed by atoms with van der Waals surface area (Å²) < 4.78 is 0. The summed E-state index contributed by atoms with van der Waals surface area (Å²) in [6.07, 6.45) is 0.501. The van der Waals surface area contributed by atoms with Gasteiger partial charge in [-0.15, -0.1) is 0 Å². The molecule has 0 aliphatic rings. The fourth-order valence-electron chi connectivity index (χ4n) is 2.15. The molecule has 0 aliphatic heterocycles. The van der Waals surface area contributed by atoms with Crippen molar-refractivity contribution >= 4 is 17.0 Å². The number of rotatable bonds is 6. The quantitative estimate of drug-likeness (QED) is 0.749. The molecule has 1 aromatic heterocycles. The van der Waals surface area contributed by atoms with Crippen molar-refractivity contribution in [3.8, 4) is 0 Å². The molecule has 1 heterocycles. The van der Waals surface area contributed by atoms with Crippen molar-refractivity contribution < 1.29 is 9.90 Å². The third-order valence-corrected chi connectivity index (χ3v) is 3.19. The lowest BCUT2D eigenvalue weighted by Crippen LogP contribution is -2.38. The van der Waals surface area contributed by atoms with Crippen LogP contribution in [0.25, 0.3) is 11.0 Å². The Labute approximate surface area is 122 Å². The van der Waals surface area contributed by atoms with E-state index >= 15 is 0 Å². The van der Waals surface area contributed by atoms with E-state index in [1.807, 2.05) is 26.0 Å². The molecule has 0 radical (unpaired) electrons. The number of hydrogen-bond donors (Lipinski definition) is 3. The van der Waals surface area contributed by atoms with Gasteiger partial charge in [0, 0.05) is 6.54 Å². The summed E-state index contributed by atoms with van der Waals surface area (Å²) in [5.41, 5.74) is 1.35. The fraction of sp³-hybridized carbons (Fsp3) is 0.400. The van der Waals surface area contributed by atoms with Crippen LogP contribution in [0, 0.1) is 5.92 Å². The minimum atomic E-state index is -0.916. The van der Waals surface area contributed by atoms with Gasteiger partial charge in [-0.1, -0.05) is 26.0 Å². The smallest absolute Gasteiger partial charge is 0.320 e. The number of nitrogens with zero attached hydrogens (tertiary/aromatic N) is 1. The van der Waals surface area contributed by atoms with Crippen LogP contribution in [0.3, 0.4) is 0 Å². The highest BCUT2D eigenvalue weighted by atomic mass is 16.4. The third-order valence-electron chi connectivity index (χ3n) is 3.19. The standard InChI is InChI=1S/C15H19N3O3/c1-9(2)7-12(15(20)21)16-8-13-14(19)18-11-6-4-3-5-10(11)17-13/h3-6,9,12,16H,7-8H2,1-2H3,(H,18,19)(H,20,21). The molecule has 6 nitrogen and oxygen atoms in total. The average molecular weight is 289 g/mol. The number of carboxylic acid groups (broad SMARTS) is 1. The second-order valence-electron chi connectivity index (χ2n) is 5.43. The third kappa shape index (κ3) is 3.88. The molecule has 2 rings (SSSR count). The molecular weight excluding hydrogens is 270 g/mol. The van der Waals surface area contributed by atoms with Crippen LogP contribution in [-0.2, 0) is 11.3 Å². The van der Waals surface area contributed by atoms with Gasteiger partial charge in [-0.05, 0) is 24.5 Å². The van der Waals surface area contributed by atoms with Gasteiger partial charge in [-0.3, -0.25) is 14.9 Å². The van der Waals surface area contributed by atoms with E-state index in [0.29, 0.717) is 23.1 Å². The maximum atomic E-state index is 11.9. The molecule has 0 spiro atoms. The van der Waals surface area contributed by atoms with Gasteiger partial charge in [0.25, 0.3) is 5.56 Å². The second kappa shape index (κ2) is 6.49. The summed E-state index contributed by atoms with van der Waals surface area (Å²) in [4.78, 5) is 30.1. The molecule has 1 atom stereocenters. The number of fused-ring (bicyclic) bond motifs is 1. The first-order valence-corrected chi connectivity index (χ1v) is 6.91. The molecule has 1 unspecified atom stereocenters. The summed E-state index contributed by atoms with van der Waals surface area (Å²) in [5, 5.41) is 12.1. The maximum absolute atomic E-state index is 11.9. The van der Waals surface area contributed by atoms with Crippen LogP contribution in [0.2, 0.25) is 0 Å². The van der Waals surface area contributed by atoms with Gasteiger partial charge in [0.1, 0.15) is 11.7 Å². The number of para-hydroxylation sites is 2. The summed E-state index contributed by atoms with van der Waals surface area (Å²) >= 11 is 0. The SMILES string of the molecule is CC(C)CC(NCc1nc2ccccc2[nH]c1=O)C(=O)O. The van der Waals surface area contributed by atoms with E-state index in [9.17, 15) is 14.7 Å². The van der Waals surface area contributed by atoms with Gasteiger partial charge >= 0.3 is 5.97 Å². The predicted octanol–water partition coefficient (Wildman–Crippen LogP) is 1.51. The Hall–Kier alpha value is -2.21. The zero-order valence-corrected chi connectivity index (χ0v) is 12.1. The second-order valence-corrected chi connectivity index (χ2v) is 5.43. The Morgan fingerprint density at radius 2 is 2.10 bits per heavy atom. The Balaban J connectivity index is 2.17. The zero-order chi connectivity index (χ0) is 15.4. The Kier molecular flexibility index (Phi) is 4.70. The van der Waals surface area contributed by atoms with Crippen LogP contribution in [-0.4, -0.2) is 27.1 Å². The average Bonchev–Trinajstić information content (AvgIpc) is 2.42. The van der Waals surface area contributed by atoms with E-state index in [-0.39, 0.29) is 18.0 Å². The Morgan fingerprint density at radius 1 is 1.38 bits per heavy atom. The molecule has 0 aliphatic carbocycles. The fourth-order valence-corrected chi connectivity index (χ4v) is 2.15. The van der Waals surface area contributed by atoms with Gasteiger partial charge in [-0.25, -0.2) is 4.98 Å². The Morgan fingerprint density at radius 3 is 2.76 bits per heavy atom. The highest BCUT2D eigenvalue weighted by molar-refractivity contribution is 5.74. The predicted molar refractivity (Wildman–Crippen MR) is 80.1 cm³/mol. The van der Waals surface area contributed by atoms with E-state index in [1.165, 1.54) is 0 Å². The maximum Gasteiger partial charge on any atom is 0.320 e. The normalized spacial score (nSPS) is 12.7. The number of aliphatic carboxylic acids is 1. The van der Waals surface area contributed by atoms with Crippen molar-refractivity contribution in [1.29, 1.82) is 0 Å². The van der Waals surface area contributed by atoms with Crippen LogP contribution in [0.5, 0.6) is 0 Å². The molecule has 1 aromatic carbocycles. The number of benzene rings is 1. The minimum absolute atomic E-state index is 0.129. The van der Waals surface area contributed by atoms with Crippen molar-refractivity contribution in [2.45, 2.75) is 32.9 Å². The molecular formula is C15H19N3O3. The number of nitrogens with one attached hydrogen (secondary N) is 2. The summed E-state index contributed by atoms with van der Waals surface area (Å²) in [6, 6.07) is 6.56. The van der Waals surface area contributed by atoms with Gasteiger partial charge in [0.15, 0.2) is 0 Å². The lowest BCUT2D eigenvalue weighted by atomic mass is 10.0. The first-order chi connectivity index (χ1) is 9.97. The molecule has 112 valence electrons. The van der Waals surface area contributed by atoms with E-state index < -0.39 is 12.0 Å². The van der Waals surface area contributed by atoms with Gasteiger partial charge in [0.2, 0.25) is 0 Å². The van der Waals surface area contributed by atoms with Crippen molar-refractivity contribution in [1.82, 2.24) is 15.3 Å². The van der Waals surface area contributed by atoms with Crippen LogP contribution < -0.4 is 10.9 Å². The summed E-state index contributed by atoms with van der Waals surface area (Å²) in [7, 11) is 0. The Bertz CT molecular complexity index is 694. The van der Waals surface area contributed by atoms with Gasteiger partial charge in [-0.2, -0.15) is 0 Å². The highest BCUT2D eigenvalue weighted by Gasteiger charge is 2.19. The monoisotopic (exact) mass is 289 g/mol. The first kappa shape index (κ1) is 15.2. The summed E-state index contributed by atoms with van der Waals surface area (Å²) in [6.45, 7) is 4.04. The summed E-state index contributed by atoms with van der Waals surface area (Å²) in [5.74, 6) is -0.664. The molecule has 0 bridgehead atoms. The largest absolute Gasteiger partial charge is 0.480 e. The van der Waals surface area contributed by atoms with E-state index in [2.05, 4.69) is 15.3 Å². The molecule has 0 fully saturated rings. The lowest BCUT2D eigenvalue weighted by Gasteiger charge is -2.16. The van der Waals surface area contributed by atoms with Crippen molar-refractivity contribution in [2.24, 2.45) is 5.92 Å². The lowest BCUT2D eigenvalue weighted by molar-refractivity contribution is -0.140. The number of aromatic nitrogens is 2. The molecule has 0 saturated carbocycles. The van der Waals surface area contributed by atoms with Gasteiger partial charge in [0.05, 0.1) is 11.0 Å². The van der Waals surface area contributed by atoms with Gasteiger partial charge < -0.3 is 10.1 Å². The van der Waals surface area contributed by atoms with Crippen molar-refractivity contribution in [2.75, 3.05) is 0 Å². The van der Waals surface area contributed by atoms with Crippen molar-refractivity contribution in [3.05, 3.63) is 40.3 Å². The molecule has 21 heavy (non-hydrogen) atoms. The number of hydrogen-bond acceptors (Lipinski definition) is 4. The number of H-pyrrole nitrogens is 1. The van der Waals surface area contributed by atoms with Crippen LogP contribution in [0.15, 0.2) is 29.1 Å². The van der Waals surface area contributed by atoms with Crippen LogP contribution >= 0.6 is 0 Å². The minimum Gasteiger partial charge on any atom is -0.480 e. The highest BCUT2D eigenvalue weighted by Crippen LogP contribution is 2.08. The van der Waals surface area contributed by atoms with Crippen LogP contribution in [0.1, 0.15) is 26.0 Å². The first-order valence-electron chi connectivity index (χ1n) is 6.91.